The molecular formula is C9H19NO. The van der Waals surface area contributed by atoms with Gasteiger partial charge in [-0.1, -0.05) is 13.8 Å². The zero-order valence-corrected chi connectivity index (χ0v) is 7.80. The van der Waals surface area contributed by atoms with E-state index in [9.17, 15) is 5.11 Å². The van der Waals surface area contributed by atoms with Crippen molar-refractivity contribution in [1.82, 2.24) is 4.90 Å². The Morgan fingerprint density at radius 2 is 2.09 bits per heavy atom. The van der Waals surface area contributed by atoms with Crippen molar-refractivity contribution in [2.75, 3.05) is 20.1 Å². The molecule has 0 saturated carbocycles. The number of β-amino-alcohol motifs (C(OH)–C–C–N with tert-alkyl or cyclic N) is 1. The lowest BCUT2D eigenvalue weighted by Gasteiger charge is -2.40. The Balaban J connectivity index is 2.55. The molecule has 0 aromatic heterocycles. The first-order valence-electron chi connectivity index (χ1n) is 4.45. The normalized spacial score (nSPS) is 34.6. The van der Waals surface area contributed by atoms with E-state index in [0.717, 1.165) is 25.9 Å². The van der Waals surface area contributed by atoms with Crippen LogP contribution in [0.25, 0.3) is 0 Å². The van der Waals surface area contributed by atoms with Gasteiger partial charge in [-0.3, -0.25) is 0 Å². The summed E-state index contributed by atoms with van der Waals surface area (Å²) >= 11 is 0. The molecule has 0 spiro atoms. The number of nitrogens with zero attached hydrogens (tertiary/aromatic N) is 1. The predicted molar refractivity (Wildman–Crippen MR) is 46.5 cm³/mol. The Hall–Kier alpha value is -0.0800. The highest BCUT2D eigenvalue weighted by Crippen LogP contribution is 2.27. The number of piperidine rings is 1. The SMILES string of the molecule is CC(C)C1(O)CCCN(C)C1. The molecule has 0 amide bonds. The van der Waals surface area contributed by atoms with Crippen molar-refractivity contribution in [3.8, 4) is 0 Å². The highest BCUT2D eigenvalue weighted by molar-refractivity contribution is 4.88. The summed E-state index contributed by atoms with van der Waals surface area (Å²) in [7, 11) is 2.08. The molecule has 0 radical (unpaired) electrons. The summed E-state index contributed by atoms with van der Waals surface area (Å²) in [5.41, 5.74) is -0.424. The molecule has 1 aliphatic rings. The van der Waals surface area contributed by atoms with Crippen molar-refractivity contribution in [3.05, 3.63) is 0 Å². The summed E-state index contributed by atoms with van der Waals surface area (Å²) in [6.07, 6.45) is 2.10. The Morgan fingerprint density at radius 1 is 1.45 bits per heavy atom. The molecule has 0 bridgehead atoms. The van der Waals surface area contributed by atoms with E-state index >= 15 is 0 Å². The van der Waals surface area contributed by atoms with Crippen LogP contribution in [0.5, 0.6) is 0 Å². The maximum atomic E-state index is 10.1. The first-order chi connectivity index (χ1) is 5.04. The molecule has 11 heavy (non-hydrogen) atoms. The lowest BCUT2D eigenvalue weighted by atomic mass is 9.83. The van der Waals surface area contributed by atoms with Crippen LogP contribution in [-0.2, 0) is 0 Å². The quantitative estimate of drug-likeness (QED) is 0.616. The van der Waals surface area contributed by atoms with Crippen molar-refractivity contribution in [3.63, 3.8) is 0 Å². The van der Waals surface area contributed by atoms with Crippen LogP contribution in [0.2, 0.25) is 0 Å². The summed E-state index contributed by atoms with van der Waals surface area (Å²) in [6.45, 7) is 6.16. The molecule has 0 aromatic carbocycles. The minimum Gasteiger partial charge on any atom is -0.388 e. The minimum absolute atomic E-state index is 0.380. The fourth-order valence-electron chi connectivity index (χ4n) is 1.75. The highest BCUT2D eigenvalue weighted by atomic mass is 16.3. The minimum atomic E-state index is -0.424. The summed E-state index contributed by atoms with van der Waals surface area (Å²) in [5.74, 6) is 0.380. The molecule has 0 aromatic rings. The topological polar surface area (TPSA) is 23.5 Å². The van der Waals surface area contributed by atoms with Gasteiger partial charge in [-0.15, -0.1) is 0 Å². The van der Waals surface area contributed by atoms with E-state index in [1.54, 1.807) is 0 Å². The molecule has 1 fully saturated rings. The molecule has 2 nitrogen and oxygen atoms in total. The van der Waals surface area contributed by atoms with E-state index in [-0.39, 0.29) is 0 Å². The smallest absolute Gasteiger partial charge is 0.0797 e. The van der Waals surface area contributed by atoms with Gasteiger partial charge in [0.05, 0.1) is 5.60 Å². The van der Waals surface area contributed by atoms with Gasteiger partial charge in [0.1, 0.15) is 0 Å². The van der Waals surface area contributed by atoms with Crippen LogP contribution >= 0.6 is 0 Å². The van der Waals surface area contributed by atoms with E-state index in [2.05, 4.69) is 25.8 Å². The van der Waals surface area contributed by atoms with Crippen LogP contribution in [-0.4, -0.2) is 35.7 Å². The van der Waals surface area contributed by atoms with Gasteiger partial charge in [0.2, 0.25) is 0 Å². The van der Waals surface area contributed by atoms with Gasteiger partial charge in [-0.2, -0.15) is 0 Å². The number of likely N-dealkylation sites (N-methyl/N-ethyl adjacent to an activating group) is 1. The molecule has 0 aliphatic carbocycles. The Bertz CT molecular complexity index is 136. The van der Waals surface area contributed by atoms with Crippen LogP contribution in [0.3, 0.4) is 0 Å². The molecule has 1 atom stereocenters. The first kappa shape index (κ1) is 9.01. The van der Waals surface area contributed by atoms with E-state index in [0.29, 0.717) is 5.92 Å². The second kappa shape index (κ2) is 3.11. The van der Waals surface area contributed by atoms with E-state index in [1.165, 1.54) is 0 Å². The van der Waals surface area contributed by atoms with Crippen molar-refractivity contribution in [2.45, 2.75) is 32.3 Å². The lowest BCUT2D eigenvalue weighted by molar-refractivity contribution is -0.0583. The van der Waals surface area contributed by atoms with Gasteiger partial charge in [0.25, 0.3) is 0 Å². The van der Waals surface area contributed by atoms with Gasteiger partial charge in [0.15, 0.2) is 0 Å². The molecule has 1 unspecified atom stereocenters. The standard InChI is InChI=1S/C9H19NO/c1-8(2)9(11)5-4-6-10(3)7-9/h8,11H,4-7H2,1-3H3. The number of hydrogen-bond acceptors (Lipinski definition) is 2. The molecule has 66 valence electrons. The zero-order valence-electron chi connectivity index (χ0n) is 7.80. The summed E-state index contributed by atoms with van der Waals surface area (Å²) in [6, 6.07) is 0. The van der Waals surface area contributed by atoms with E-state index in [1.807, 2.05) is 0 Å². The average Bonchev–Trinajstić information content (AvgIpc) is 1.86. The Morgan fingerprint density at radius 3 is 2.45 bits per heavy atom. The molecular weight excluding hydrogens is 138 g/mol. The van der Waals surface area contributed by atoms with Crippen LogP contribution in [0, 0.1) is 5.92 Å². The van der Waals surface area contributed by atoms with Gasteiger partial charge in [-0.25, -0.2) is 0 Å². The van der Waals surface area contributed by atoms with Crippen LogP contribution in [0.15, 0.2) is 0 Å². The third-order valence-corrected chi connectivity index (χ3v) is 2.77. The molecule has 1 rings (SSSR count). The summed E-state index contributed by atoms with van der Waals surface area (Å²) in [4.78, 5) is 2.21. The highest BCUT2D eigenvalue weighted by Gasteiger charge is 2.34. The maximum Gasteiger partial charge on any atom is 0.0797 e. The van der Waals surface area contributed by atoms with Gasteiger partial charge in [0, 0.05) is 6.54 Å². The zero-order chi connectivity index (χ0) is 8.48. The number of hydrogen-bond donors (Lipinski definition) is 1. The lowest BCUT2D eigenvalue weighted by Crippen LogP contribution is -2.49. The number of aliphatic hydroxyl groups is 1. The van der Waals surface area contributed by atoms with Crippen molar-refractivity contribution < 1.29 is 5.11 Å². The van der Waals surface area contributed by atoms with E-state index < -0.39 is 5.60 Å². The first-order valence-corrected chi connectivity index (χ1v) is 4.45. The largest absolute Gasteiger partial charge is 0.388 e. The molecule has 1 aliphatic heterocycles. The maximum absolute atomic E-state index is 10.1. The second-order valence-corrected chi connectivity index (χ2v) is 4.10. The van der Waals surface area contributed by atoms with Crippen molar-refractivity contribution in [2.24, 2.45) is 5.92 Å². The Kier molecular flexibility index (Phi) is 2.55. The predicted octanol–water partition coefficient (Wildman–Crippen LogP) is 1.10. The van der Waals surface area contributed by atoms with Crippen LogP contribution in [0.4, 0.5) is 0 Å². The third kappa shape index (κ3) is 1.94. The summed E-state index contributed by atoms with van der Waals surface area (Å²) in [5, 5.41) is 10.1. The Labute approximate surface area is 69.2 Å². The average molecular weight is 157 g/mol. The fourth-order valence-corrected chi connectivity index (χ4v) is 1.75. The monoisotopic (exact) mass is 157 g/mol. The number of rotatable bonds is 1. The van der Waals surface area contributed by atoms with Crippen LogP contribution in [0.1, 0.15) is 26.7 Å². The molecule has 1 N–H and O–H groups in total. The molecule has 2 heteroatoms. The van der Waals surface area contributed by atoms with Crippen molar-refractivity contribution in [1.29, 1.82) is 0 Å². The fraction of sp³-hybridized carbons (Fsp3) is 1.00. The third-order valence-electron chi connectivity index (χ3n) is 2.77. The number of likely N-dealkylation sites (tertiary alicyclic amines) is 1. The van der Waals surface area contributed by atoms with Gasteiger partial charge < -0.3 is 10.0 Å². The van der Waals surface area contributed by atoms with Crippen LogP contribution < -0.4 is 0 Å². The second-order valence-electron chi connectivity index (χ2n) is 4.10. The summed E-state index contributed by atoms with van der Waals surface area (Å²) < 4.78 is 0. The van der Waals surface area contributed by atoms with E-state index in [4.69, 9.17) is 0 Å². The molecule has 1 heterocycles. The van der Waals surface area contributed by atoms with Gasteiger partial charge >= 0.3 is 0 Å². The molecule has 1 saturated heterocycles. The van der Waals surface area contributed by atoms with Crippen molar-refractivity contribution >= 4 is 0 Å². The van der Waals surface area contributed by atoms with Gasteiger partial charge in [-0.05, 0) is 32.4 Å².